The summed E-state index contributed by atoms with van der Waals surface area (Å²) in [7, 11) is -3.52. The van der Waals surface area contributed by atoms with Crippen LogP contribution in [-0.2, 0) is 9.84 Å². The van der Waals surface area contributed by atoms with E-state index in [-0.39, 0.29) is 11.0 Å². The molecule has 116 valence electrons. The number of aromatic nitrogens is 4. The molecule has 22 heavy (non-hydrogen) atoms. The molecule has 3 aromatic rings. The normalized spacial score (nSPS) is 12.4. The third-order valence-corrected chi connectivity index (χ3v) is 3.98. The summed E-state index contributed by atoms with van der Waals surface area (Å²) in [6.45, 7) is 4.50. The van der Waals surface area contributed by atoms with Crippen LogP contribution in [-0.4, -0.2) is 40.9 Å². The Labute approximate surface area is 127 Å². The van der Waals surface area contributed by atoms with Crippen LogP contribution in [0.1, 0.15) is 13.8 Å². The second-order valence-electron chi connectivity index (χ2n) is 5.52. The van der Waals surface area contributed by atoms with Gasteiger partial charge >= 0.3 is 0 Å². The molecule has 0 N–H and O–H groups in total. The van der Waals surface area contributed by atoms with Crippen molar-refractivity contribution >= 4 is 26.5 Å². The van der Waals surface area contributed by atoms with Gasteiger partial charge in [-0.3, -0.25) is 4.40 Å². The summed E-state index contributed by atoms with van der Waals surface area (Å²) in [6.07, 6.45) is 1.10. The third kappa shape index (κ3) is 2.50. The first-order valence-electron chi connectivity index (χ1n) is 6.84. The summed E-state index contributed by atoms with van der Waals surface area (Å²) in [5.74, 6) is 0.598. The van der Waals surface area contributed by atoms with Crippen molar-refractivity contribution in [1.82, 2.24) is 19.6 Å². The van der Waals surface area contributed by atoms with Crippen LogP contribution in [0.25, 0.3) is 16.7 Å². The molecule has 0 radical (unpaired) electrons. The first-order valence-corrected chi connectivity index (χ1v) is 8.74. The van der Waals surface area contributed by atoms with Crippen molar-refractivity contribution in [3.05, 3.63) is 24.3 Å². The van der Waals surface area contributed by atoms with Crippen LogP contribution in [0.5, 0.6) is 5.88 Å². The molecule has 2 aromatic heterocycles. The van der Waals surface area contributed by atoms with Crippen LogP contribution in [0.15, 0.2) is 29.4 Å². The standard InChI is InChI=1S/C14H16N4O3S/c1-9(2)8-21-13-12-16-17-14(22(3,19)20)18(12)11-7-5-4-6-10(11)15-13/h4-7,9H,8H2,1-3H3. The summed E-state index contributed by atoms with van der Waals surface area (Å²) in [5.41, 5.74) is 1.55. The van der Waals surface area contributed by atoms with Crippen LogP contribution in [0.2, 0.25) is 0 Å². The molecule has 0 saturated carbocycles. The molecule has 0 bridgehead atoms. The average molecular weight is 320 g/mol. The van der Waals surface area contributed by atoms with Crippen LogP contribution in [0, 0.1) is 5.92 Å². The highest BCUT2D eigenvalue weighted by Gasteiger charge is 2.22. The lowest BCUT2D eigenvalue weighted by Gasteiger charge is -2.10. The molecule has 0 fully saturated rings. The zero-order valence-electron chi connectivity index (χ0n) is 12.5. The van der Waals surface area contributed by atoms with E-state index in [1.165, 1.54) is 4.40 Å². The molecular formula is C14H16N4O3S. The minimum Gasteiger partial charge on any atom is -0.475 e. The van der Waals surface area contributed by atoms with Crippen molar-refractivity contribution in [3.63, 3.8) is 0 Å². The zero-order valence-corrected chi connectivity index (χ0v) is 13.3. The molecule has 0 atom stereocenters. The topological polar surface area (TPSA) is 86.5 Å². The predicted molar refractivity (Wildman–Crippen MR) is 81.7 cm³/mol. The first-order chi connectivity index (χ1) is 10.4. The van der Waals surface area contributed by atoms with Crippen LogP contribution >= 0.6 is 0 Å². The van der Waals surface area contributed by atoms with Crippen LogP contribution in [0.4, 0.5) is 0 Å². The number of sulfone groups is 1. The highest BCUT2D eigenvalue weighted by molar-refractivity contribution is 7.90. The minimum atomic E-state index is -3.52. The van der Waals surface area contributed by atoms with Crippen molar-refractivity contribution in [2.24, 2.45) is 5.92 Å². The van der Waals surface area contributed by atoms with Crippen molar-refractivity contribution in [3.8, 4) is 5.88 Å². The van der Waals surface area contributed by atoms with Gasteiger partial charge in [0.15, 0.2) is 0 Å². The monoisotopic (exact) mass is 320 g/mol. The Bertz CT molecular complexity index is 947. The Morgan fingerprint density at radius 2 is 1.95 bits per heavy atom. The smallest absolute Gasteiger partial charge is 0.260 e. The molecule has 0 saturated heterocycles. The van der Waals surface area contributed by atoms with E-state index < -0.39 is 9.84 Å². The molecule has 7 nitrogen and oxygen atoms in total. The van der Waals surface area contributed by atoms with Gasteiger partial charge in [-0.05, 0) is 18.1 Å². The summed E-state index contributed by atoms with van der Waals surface area (Å²) >= 11 is 0. The van der Waals surface area contributed by atoms with E-state index in [4.69, 9.17) is 4.74 Å². The highest BCUT2D eigenvalue weighted by Crippen LogP contribution is 2.25. The Hall–Kier alpha value is -2.22. The molecule has 8 heteroatoms. The quantitative estimate of drug-likeness (QED) is 0.727. The number of hydrogen-bond acceptors (Lipinski definition) is 6. The number of rotatable bonds is 4. The second kappa shape index (κ2) is 5.20. The maximum atomic E-state index is 11.9. The molecule has 0 unspecified atom stereocenters. The van der Waals surface area contributed by atoms with E-state index in [1.807, 2.05) is 26.0 Å². The summed E-state index contributed by atoms with van der Waals surface area (Å²) in [6, 6.07) is 7.21. The Morgan fingerprint density at radius 3 is 2.64 bits per heavy atom. The van der Waals surface area contributed by atoms with E-state index in [2.05, 4.69) is 15.2 Å². The number of hydrogen-bond donors (Lipinski definition) is 0. The molecule has 0 aliphatic rings. The van der Waals surface area contributed by atoms with Gasteiger partial charge in [-0.1, -0.05) is 26.0 Å². The molecule has 2 heterocycles. The van der Waals surface area contributed by atoms with Gasteiger partial charge in [0.25, 0.3) is 11.0 Å². The van der Waals surface area contributed by atoms with Crippen molar-refractivity contribution in [2.75, 3.05) is 12.9 Å². The van der Waals surface area contributed by atoms with Crippen LogP contribution in [0.3, 0.4) is 0 Å². The Kier molecular flexibility index (Phi) is 3.48. The van der Waals surface area contributed by atoms with E-state index in [1.54, 1.807) is 12.1 Å². The molecule has 0 aliphatic heterocycles. The van der Waals surface area contributed by atoms with Gasteiger partial charge in [0, 0.05) is 6.26 Å². The summed E-state index contributed by atoms with van der Waals surface area (Å²) in [5, 5.41) is 7.65. The molecule has 0 aliphatic carbocycles. The minimum absolute atomic E-state index is 0.115. The highest BCUT2D eigenvalue weighted by atomic mass is 32.2. The van der Waals surface area contributed by atoms with Gasteiger partial charge in [0.1, 0.15) is 0 Å². The Balaban J connectivity index is 2.35. The van der Waals surface area contributed by atoms with E-state index in [0.29, 0.717) is 29.2 Å². The fourth-order valence-corrected chi connectivity index (χ4v) is 2.82. The number of para-hydroxylation sites is 2. The number of benzene rings is 1. The Morgan fingerprint density at radius 1 is 1.23 bits per heavy atom. The predicted octanol–water partition coefficient (Wildman–Crippen LogP) is 1.72. The second-order valence-corrected chi connectivity index (χ2v) is 7.43. The zero-order chi connectivity index (χ0) is 15.9. The lowest BCUT2D eigenvalue weighted by Crippen LogP contribution is -2.09. The molecule has 3 rings (SSSR count). The molecule has 0 amide bonds. The summed E-state index contributed by atoms with van der Waals surface area (Å²) < 4.78 is 31.1. The lowest BCUT2D eigenvalue weighted by molar-refractivity contribution is 0.264. The van der Waals surface area contributed by atoms with Crippen molar-refractivity contribution in [2.45, 2.75) is 19.0 Å². The van der Waals surface area contributed by atoms with Gasteiger partial charge in [-0.15, -0.1) is 10.2 Å². The molecule has 0 spiro atoms. The molecule has 1 aromatic carbocycles. The first kappa shape index (κ1) is 14.7. The van der Waals surface area contributed by atoms with Gasteiger partial charge in [0.2, 0.25) is 15.5 Å². The van der Waals surface area contributed by atoms with Crippen molar-refractivity contribution < 1.29 is 13.2 Å². The largest absolute Gasteiger partial charge is 0.475 e. The van der Waals surface area contributed by atoms with Crippen LogP contribution < -0.4 is 4.74 Å². The lowest BCUT2D eigenvalue weighted by atomic mass is 10.2. The van der Waals surface area contributed by atoms with Crippen molar-refractivity contribution in [1.29, 1.82) is 0 Å². The maximum absolute atomic E-state index is 11.9. The summed E-state index contributed by atoms with van der Waals surface area (Å²) in [4.78, 5) is 4.43. The van der Waals surface area contributed by atoms with Gasteiger partial charge < -0.3 is 4.74 Å². The fourth-order valence-electron chi connectivity index (χ4n) is 2.12. The SMILES string of the molecule is CC(C)COc1nc2ccccc2n2c(S(C)(=O)=O)nnc12. The van der Waals surface area contributed by atoms with Gasteiger partial charge in [-0.2, -0.15) is 0 Å². The number of nitrogens with zero attached hydrogens (tertiary/aromatic N) is 4. The van der Waals surface area contributed by atoms with E-state index in [0.717, 1.165) is 6.26 Å². The fraction of sp³-hybridized carbons (Fsp3) is 0.357. The van der Waals surface area contributed by atoms with E-state index >= 15 is 0 Å². The number of ether oxygens (including phenoxy) is 1. The maximum Gasteiger partial charge on any atom is 0.260 e. The van der Waals surface area contributed by atoms with E-state index in [9.17, 15) is 8.42 Å². The molecular weight excluding hydrogens is 304 g/mol. The van der Waals surface area contributed by atoms with Gasteiger partial charge in [-0.25, -0.2) is 13.4 Å². The number of fused-ring (bicyclic) bond motifs is 3. The van der Waals surface area contributed by atoms with Gasteiger partial charge in [0.05, 0.1) is 17.6 Å². The average Bonchev–Trinajstić information content (AvgIpc) is 2.90. The third-order valence-electron chi connectivity index (χ3n) is 3.05.